The van der Waals surface area contributed by atoms with E-state index >= 15 is 0 Å². The van der Waals surface area contributed by atoms with Crippen molar-refractivity contribution >= 4 is 27.8 Å². The highest BCUT2D eigenvalue weighted by Gasteiger charge is 2.28. The van der Waals surface area contributed by atoms with Crippen molar-refractivity contribution in [1.82, 2.24) is 9.99 Å². The first-order chi connectivity index (χ1) is 18.5. The molecule has 0 spiro atoms. The van der Waals surface area contributed by atoms with Gasteiger partial charge in [-0.2, -0.15) is 5.10 Å². The molecule has 0 atom stereocenters. The number of nitrogens with one attached hydrogen (secondary N) is 1. The number of amides is 1. The average molecular weight is 543 g/mol. The number of nitrogens with zero attached hydrogens (tertiary/aromatic N) is 3. The summed E-state index contributed by atoms with van der Waals surface area (Å²) < 4.78 is 30.5. The third-order valence-electron chi connectivity index (χ3n) is 6.71. The standard InChI is InChI=1S/C31H34N4O3S/c1-21-13-15-29(24(4)16-21)35-25(5)18-27(26(35)6)19-32-33-31(36)20-34(30-17-22(2)12-14-23(30)3)39(37,38)28-10-8-7-9-11-28/h7-19H,20H2,1-6H3,(H,33,36)/b32-19+. The number of anilines is 1. The quantitative estimate of drug-likeness (QED) is 0.230. The Hall–Kier alpha value is -4.17. The van der Waals surface area contributed by atoms with E-state index in [1.165, 1.54) is 23.3 Å². The molecule has 0 aliphatic heterocycles. The van der Waals surface area contributed by atoms with E-state index in [0.717, 1.165) is 38.1 Å². The minimum absolute atomic E-state index is 0.112. The molecule has 1 amide bonds. The molecule has 0 saturated heterocycles. The summed E-state index contributed by atoms with van der Waals surface area (Å²) in [4.78, 5) is 13.1. The zero-order valence-corrected chi connectivity index (χ0v) is 24.0. The zero-order valence-electron chi connectivity index (χ0n) is 23.2. The third kappa shape index (κ3) is 5.96. The summed E-state index contributed by atoms with van der Waals surface area (Å²) in [6.07, 6.45) is 1.59. The number of sulfonamides is 1. The highest BCUT2D eigenvalue weighted by molar-refractivity contribution is 7.92. The van der Waals surface area contributed by atoms with Gasteiger partial charge in [-0.1, -0.05) is 48.0 Å². The van der Waals surface area contributed by atoms with Crippen LogP contribution >= 0.6 is 0 Å². The Bertz CT molecular complexity index is 1650. The maximum absolute atomic E-state index is 13.6. The number of hydrogen-bond acceptors (Lipinski definition) is 4. The molecule has 0 aliphatic rings. The molecule has 0 radical (unpaired) electrons. The number of hydrogen-bond donors (Lipinski definition) is 1. The number of carbonyl (C=O) groups excluding carboxylic acids is 1. The van der Waals surface area contributed by atoms with Gasteiger partial charge < -0.3 is 4.57 Å². The second-order valence-electron chi connectivity index (χ2n) is 9.86. The van der Waals surface area contributed by atoms with E-state index < -0.39 is 22.5 Å². The first-order valence-electron chi connectivity index (χ1n) is 12.7. The van der Waals surface area contributed by atoms with Crippen LogP contribution in [0.15, 0.2) is 82.8 Å². The summed E-state index contributed by atoms with van der Waals surface area (Å²) in [7, 11) is -4.00. The molecule has 0 fully saturated rings. The number of aryl methyl sites for hydroxylation is 5. The van der Waals surface area contributed by atoms with Gasteiger partial charge in [0, 0.05) is 22.6 Å². The molecule has 4 rings (SSSR count). The molecule has 0 unspecified atom stereocenters. The van der Waals surface area contributed by atoms with E-state index in [4.69, 9.17) is 0 Å². The van der Waals surface area contributed by atoms with Crippen molar-refractivity contribution in [3.05, 3.63) is 112 Å². The molecule has 0 bridgehead atoms. The molecular weight excluding hydrogens is 508 g/mol. The van der Waals surface area contributed by atoms with Crippen LogP contribution in [0, 0.1) is 41.5 Å². The lowest BCUT2D eigenvalue weighted by molar-refractivity contribution is -0.119. The zero-order chi connectivity index (χ0) is 28.3. The minimum atomic E-state index is -4.00. The molecule has 3 aromatic carbocycles. The van der Waals surface area contributed by atoms with E-state index in [2.05, 4.69) is 47.1 Å². The molecule has 1 heterocycles. The molecule has 0 aliphatic carbocycles. The summed E-state index contributed by atoms with van der Waals surface area (Å²) >= 11 is 0. The van der Waals surface area contributed by atoms with Gasteiger partial charge in [-0.05, 0) is 88.6 Å². The summed E-state index contributed by atoms with van der Waals surface area (Å²) in [5.41, 5.74) is 11.0. The SMILES string of the molecule is Cc1ccc(-n2c(C)cc(/C=N/NC(=O)CN(c3cc(C)ccc3C)S(=O)(=O)c3ccccc3)c2C)c(C)c1. The van der Waals surface area contributed by atoms with E-state index in [-0.39, 0.29) is 4.90 Å². The van der Waals surface area contributed by atoms with E-state index in [1.807, 2.05) is 45.9 Å². The molecule has 1 aromatic heterocycles. The van der Waals surface area contributed by atoms with Crippen molar-refractivity contribution < 1.29 is 13.2 Å². The average Bonchev–Trinajstić information content (AvgIpc) is 3.17. The number of carbonyl (C=O) groups is 1. The minimum Gasteiger partial charge on any atom is -0.318 e. The lowest BCUT2D eigenvalue weighted by Gasteiger charge is -2.25. The fourth-order valence-electron chi connectivity index (χ4n) is 4.69. The number of rotatable bonds is 8. The smallest absolute Gasteiger partial charge is 0.264 e. The van der Waals surface area contributed by atoms with Gasteiger partial charge in [0.25, 0.3) is 15.9 Å². The van der Waals surface area contributed by atoms with Gasteiger partial charge in [0.1, 0.15) is 6.54 Å². The van der Waals surface area contributed by atoms with Crippen LogP contribution in [0.5, 0.6) is 0 Å². The molecule has 0 saturated carbocycles. The Morgan fingerprint density at radius 3 is 2.23 bits per heavy atom. The largest absolute Gasteiger partial charge is 0.318 e. The van der Waals surface area contributed by atoms with Crippen molar-refractivity contribution in [1.29, 1.82) is 0 Å². The molecule has 7 nitrogen and oxygen atoms in total. The van der Waals surface area contributed by atoms with E-state index in [0.29, 0.717) is 5.69 Å². The van der Waals surface area contributed by atoms with Crippen LogP contribution in [0.1, 0.15) is 39.2 Å². The Morgan fingerprint density at radius 2 is 1.54 bits per heavy atom. The molecule has 1 N–H and O–H groups in total. The summed E-state index contributed by atoms with van der Waals surface area (Å²) in [5, 5.41) is 4.17. The first kappa shape index (κ1) is 27.9. The monoisotopic (exact) mass is 542 g/mol. The molecule has 39 heavy (non-hydrogen) atoms. The van der Waals surface area contributed by atoms with Crippen molar-refractivity contribution in [2.24, 2.45) is 5.10 Å². The molecule has 202 valence electrons. The first-order valence-corrected chi connectivity index (χ1v) is 14.2. The van der Waals surface area contributed by atoms with Crippen LogP contribution in [0.25, 0.3) is 5.69 Å². The van der Waals surface area contributed by atoms with Gasteiger partial charge >= 0.3 is 0 Å². The highest BCUT2D eigenvalue weighted by Crippen LogP contribution is 2.28. The van der Waals surface area contributed by atoms with Crippen LogP contribution < -0.4 is 9.73 Å². The van der Waals surface area contributed by atoms with Gasteiger partial charge in [-0.3, -0.25) is 9.10 Å². The van der Waals surface area contributed by atoms with Crippen molar-refractivity contribution in [2.75, 3.05) is 10.8 Å². The fourth-order valence-corrected chi connectivity index (χ4v) is 6.19. The van der Waals surface area contributed by atoms with Gasteiger partial charge in [-0.25, -0.2) is 13.8 Å². The lowest BCUT2D eigenvalue weighted by atomic mass is 10.1. The Morgan fingerprint density at radius 1 is 0.872 bits per heavy atom. The number of hydrazone groups is 1. The van der Waals surface area contributed by atoms with Gasteiger partial charge in [0.2, 0.25) is 0 Å². The van der Waals surface area contributed by atoms with Crippen LogP contribution in [0.2, 0.25) is 0 Å². The van der Waals surface area contributed by atoms with E-state index in [9.17, 15) is 13.2 Å². The maximum atomic E-state index is 13.6. The van der Waals surface area contributed by atoms with Crippen LogP contribution in [0.4, 0.5) is 5.69 Å². The van der Waals surface area contributed by atoms with Crippen LogP contribution in [0.3, 0.4) is 0 Å². The summed E-state index contributed by atoms with van der Waals surface area (Å²) in [6.45, 7) is 11.5. The summed E-state index contributed by atoms with van der Waals surface area (Å²) in [6, 6.07) is 22.0. The fraction of sp³-hybridized carbons (Fsp3) is 0.226. The van der Waals surface area contributed by atoms with Gasteiger partial charge in [0.05, 0.1) is 16.8 Å². The van der Waals surface area contributed by atoms with E-state index in [1.54, 1.807) is 30.5 Å². The van der Waals surface area contributed by atoms with Gasteiger partial charge in [0.15, 0.2) is 0 Å². The predicted octanol–water partition coefficient (Wildman–Crippen LogP) is 5.67. The highest BCUT2D eigenvalue weighted by atomic mass is 32.2. The van der Waals surface area contributed by atoms with Crippen LogP contribution in [-0.4, -0.2) is 31.7 Å². The third-order valence-corrected chi connectivity index (χ3v) is 8.48. The Balaban J connectivity index is 1.58. The van der Waals surface area contributed by atoms with Crippen molar-refractivity contribution in [3.63, 3.8) is 0 Å². The molecule has 4 aromatic rings. The van der Waals surface area contributed by atoms with Crippen molar-refractivity contribution in [3.8, 4) is 5.69 Å². The Labute approximate surface area is 230 Å². The molecule has 8 heteroatoms. The van der Waals surface area contributed by atoms with Gasteiger partial charge in [-0.15, -0.1) is 0 Å². The molecular formula is C31H34N4O3S. The second kappa shape index (κ2) is 11.3. The van der Waals surface area contributed by atoms with Crippen LogP contribution in [-0.2, 0) is 14.8 Å². The lowest BCUT2D eigenvalue weighted by Crippen LogP contribution is -2.40. The predicted molar refractivity (Wildman–Crippen MR) is 157 cm³/mol. The maximum Gasteiger partial charge on any atom is 0.264 e. The normalized spacial score (nSPS) is 11.6. The Kier molecular flexibility index (Phi) is 8.06. The summed E-state index contributed by atoms with van der Waals surface area (Å²) in [5.74, 6) is -0.546. The second-order valence-corrected chi connectivity index (χ2v) is 11.7. The number of benzene rings is 3. The van der Waals surface area contributed by atoms with Crippen molar-refractivity contribution in [2.45, 2.75) is 46.4 Å². The number of aromatic nitrogens is 1. The topological polar surface area (TPSA) is 83.8 Å².